The molecule has 1 N–H and O–H groups in total. The maximum absolute atomic E-state index is 12.3. The minimum atomic E-state index is -3.90. The molecule has 1 aromatic rings. The molecule has 7 heteroatoms. The number of nitrogens with zero attached hydrogens (tertiary/aromatic N) is 1. The fourth-order valence-electron chi connectivity index (χ4n) is 1.73. The predicted molar refractivity (Wildman–Crippen MR) is 76.7 cm³/mol. The van der Waals surface area contributed by atoms with Crippen molar-refractivity contribution in [2.24, 2.45) is 5.92 Å². The van der Waals surface area contributed by atoms with Gasteiger partial charge in [-0.1, -0.05) is 26.3 Å². The van der Waals surface area contributed by atoms with Gasteiger partial charge in [0.15, 0.2) is 0 Å². The standard InChI is InChI=1S/C14H18N2O4S/c1-4-10(2)13(14(17)20-3)16-21(18,19)12-7-5-6-11(8-12)9-15/h5-8,10,13,16H,4H2,1-3H3/t10-,13+/m1/s1. The molecule has 0 saturated heterocycles. The Morgan fingerprint density at radius 1 is 1.48 bits per heavy atom. The molecule has 0 bridgehead atoms. The van der Waals surface area contributed by atoms with Crippen LogP contribution in [0.1, 0.15) is 25.8 Å². The van der Waals surface area contributed by atoms with Gasteiger partial charge in [-0.2, -0.15) is 9.98 Å². The van der Waals surface area contributed by atoms with Crippen molar-refractivity contribution in [3.63, 3.8) is 0 Å². The molecule has 0 unspecified atom stereocenters. The average molecular weight is 310 g/mol. The second-order valence-corrected chi connectivity index (χ2v) is 6.36. The van der Waals surface area contributed by atoms with E-state index in [0.29, 0.717) is 6.42 Å². The third kappa shape index (κ3) is 4.28. The van der Waals surface area contributed by atoms with E-state index in [-0.39, 0.29) is 16.4 Å². The van der Waals surface area contributed by atoms with Gasteiger partial charge in [0.2, 0.25) is 10.0 Å². The first-order valence-corrected chi connectivity index (χ1v) is 7.94. The van der Waals surface area contributed by atoms with Crippen molar-refractivity contribution in [1.29, 1.82) is 5.26 Å². The number of hydrogen-bond acceptors (Lipinski definition) is 5. The van der Waals surface area contributed by atoms with Gasteiger partial charge in [0, 0.05) is 0 Å². The molecule has 2 atom stereocenters. The molecular weight excluding hydrogens is 292 g/mol. The molecule has 0 radical (unpaired) electrons. The lowest BCUT2D eigenvalue weighted by Crippen LogP contribution is -2.45. The minimum Gasteiger partial charge on any atom is -0.468 e. The molecule has 1 rings (SSSR count). The number of nitrogens with one attached hydrogen (secondary N) is 1. The lowest BCUT2D eigenvalue weighted by atomic mass is 10.0. The zero-order valence-electron chi connectivity index (χ0n) is 12.2. The Labute approximate surface area is 124 Å². The van der Waals surface area contributed by atoms with E-state index in [4.69, 9.17) is 5.26 Å². The van der Waals surface area contributed by atoms with Crippen LogP contribution in [0.25, 0.3) is 0 Å². The molecule has 0 heterocycles. The zero-order valence-corrected chi connectivity index (χ0v) is 13.0. The maximum Gasteiger partial charge on any atom is 0.324 e. The van der Waals surface area contributed by atoms with E-state index in [2.05, 4.69) is 9.46 Å². The number of esters is 1. The Bertz CT molecular complexity index is 649. The quantitative estimate of drug-likeness (QED) is 0.802. The van der Waals surface area contributed by atoms with E-state index >= 15 is 0 Å². The highest BCUT2D eigenvalue weighted by Gasteiger charge is 2.30. The first-order valence-electron chi connectivity index (χ1n) is 6.46. The van der Waals surface area contributed by atoms with E-state index in [1.54, 1.807) is 6.92 Å². The molecule has 0 fully saturated rings. The van der Waals surface area contributed by atoms with E-state index < -0.39 is 22.0 Å². The van der Waals surface area contributed by atoms with E-state index in [1.807, 2.05) is 13.0 Å². The molecule has 21 heavy (non-hydrogen) atoms. The van der Waals surface area contributed by atoms with Crippen LogP contribution in [-0.4, -0.2) is 27.5 Å². The molecule has 0 aliphatic heterocycles. The fourth-order valence-corrected chi connectivity index (χ4v) is 3.07. The van der Waals surface area contributed by atoms with Gasteiger partial charge in [-0.05, 0) is 24.1 Å². The van der Waals surface area contributed by atoms with Gasteiger partial charge in [0.1, 0.15) is 6.04 Å². The second-order valence-electron chi connectivity index (χ2n) is 4.65. The summed E-state index contributed by atoms with van der Waals surface area (Å²) in [5, 5.41) is 8.82. The summed E-state index contributed by atoms with van der Waals surface area (Å²) in [7, 11) is -2.69. The number of methoxy groups -OCH3 is 1. The van der Waals surface area contributed by atoms with Crippen molar-refractivity contribution in [3.05, 3.63) is 29.8 Å². The highest BCUT2D eigenvalue weighted by molar-refractivity contribution is 7.89. The molecule has 1 aromatic carbocycles. The molecule has 114 valence electrons. The lowest BCUT2D eigenvalue weighted by Gasteiger charge is -2.21. The Balaban J connectivity index is 3.11. The molecule has 0 aliphatic carbocycles. The van der Waals surface area contributed by atoms with Gasteiger partial charge < -0.3 is 4.74 Å². The summed E-state index contributed by atoms with van der Waals surface area (Å²) >= 11 is 0. The van der Waals surface area contributed by atoms with Crippen LogP contribution in [0.5, 0.6) is 0 Å². The van der Waals surface area contributed by atoms with Crippen molar-refractivity contribution in [1.82, 2.24) is 4.72 Å². The number of ether oxygens (including phenoxy) is 1. The van der Waals surface area contributed by atoms with Crippen LogP contribution in [0, 0.1) is 17.2 Å². The maximum atomic E-state index is 12.3. The first-order chi connectivity index (χ1) is 9.85. The third-order valence-corrected chi connectivity index (χ3v) is 4.66. The van der Waals surface area contributed by atoms with Crippen LogP contribution < -0.4 is 4.72 Å². The van der Waals surface area contributed by atoms with Gasteiger partial charge in [0.05, 0.1) is 23.6 Å². The second kappa shape index (κ2) is 7.20. The zero-order chi connectivity index (χ0) is 16.0. The van der Waals surface area contributed by atoms with Crippen LogP contribution in [-0.2, 0) is 19.6 Å². The van der Waals surface area contributed by atoms with Crippen LogP contribution in [0.3, 0.4) is 0 Å². The van der Waals surface area contributed by atoms with Crippen LogP contribution in [0.4, 0.5) is 0 Å². The summed E-state index contributed by atoms with van der Waals surface area (Å²) in [4.78, 5) is 11.7. The molecule has 0 aliphatic rings. The van der Waals surface area contributed by atoms with Crippen LogP contribution in [0.2, 0.25) is 0 Å². The minimum absolute atomic E-state index is 0.0567. The summed E-state index contributed by atoms with van der Waals surface area (Å²) in [5.41, 5.74) is 0.232. The van der Waals surface area contributed by atoms with Crippen molar-refractivity contribution in [3.8, 4) is 6.07 Å². The summed E-state index contributed by atoms with van der Waals surface area (Å²) in [6, 6.07) is 6.52. The normalized spacial score (nSPS) is 14.0. The molecule has 0 aromatic heterocycles. The van der Waals surface area contributed by atoms with E-state index in [9.17, 15) is 13.2 Å². The van der Waals surface area contributed by atoms with Gasteiger partial charge in [0.25, 0.3) is 0 Å². The molecule has 0 amide bonds. The molecule has 0 spiro atoms. The van der Waals surface area contributed by atoms with Crippen LogP contribution in [0.15, 0.2) is 29.2 Å². The third-order valence-electron chi connectivity index (χ3n) is 3.22. The first kappa shape index (κ1) is 17.1. The number of benzene rings is 1. The Morgan fingerprint density at radius 3 is 2.67 bits per heavy atom. The molecular formula is C14H18N2O4S. The monoisotopic (exact) mass is 310 g/mol. The summed E-state index contributed by atoms with van der Waals surface area (Å²) in [6.45, 7) is 3.61. The van der Waals surface area contributed by atoms with Crippen molar-refractivity contribution >= 4 is 16.0 Å². The number of carbonyl (C=O) groups is 1. The highest BCUT2D eigenvalue weighted by Crippen LogP contribution is 2.15. The SMILES string of the molecule is CC[C@@H](C)[C@H](NS(=O)(=O)c1cccc(C#N)c1)C(=O)OC. The fraction of sp³-hybridized carbons (Fsp3) is 0.429. The average Bonchev–Trinajstić information content (AvgIpc) is 2.51. The Hall–Kier alpha value is -1.91. The largest absolute Gasteiger partial charge is 0.468 e. The van der Waals surface area contributed by atoms with Gasteiger partial charge in [-0.15, -0.1) is 0 Å². The number of carbonyl (C=O) groups excluding carboxylic acids is 1. The Morgan fingerprint density at radius 2 is 2.14 bits per heavy atom. The van der Waals surface area contributed by atoms with Gasteiger partial charge >= 0.3 is 5.97 Å². The number of hydrogen-bond donors (Lipinski definition) is 1. The summed E-state index contributed by atoms with van der Waals surface area (Å²) in [6.07, 6.45) is 0.612. The Kier molecular flexibility index (Phi) is 5.88. The van der Waals surface area contributed by atoms with E-state index in [0.717, 1.165) is 0 Å². The highest BCUT2D eigenvalue weighted by atomic mass is 32.2. The van der Waals surface area contributed by atoms with Crippen molar-refractivity contribution in [2.75, 3.05) is 7.11 Å². The molecule has 0 saturated carbocycles. The van der Waals surface area contributed by atoms with E-state index in [1.165, 1.54) is 31.4 Å². The predicted octanol–water partition coefficient (Wildman–Crippen LogP) is 1.42. The van der Waals surface area contributed by atoms with Crippen molar-refractivity contribution < 1.29 is 17.9 Å². The topological polar surface area (TPSA) is 96.3 Å². The molecule has 6 nitrogen and oxygen atoms in total. The number of sulfonamides is 1. The van der Waals surface area contributed by atoms with Gasteiger partial charge in [-0.25, -0.2) is 8.42 Å². The summed E-state index contributed by atoms with van der Waals surface area (Å²) in [5.74, 6) is -0.851. The smallest absolute Gasteiger partial charge is 0.324 e. The number of rotatable bonds is 6. The van der Waals surface area contributed by atoms with Gasteiger partial charge in [-0.3, -0.25) is 4.79 Å². The van der Waals surface area contributed by atoms with Crippen LogP contribution >= 0.6 is 0 Å². The number of nitriles is 1. The summed E-state index contributed by atoms with van der Waals surface area (Å²) < 4.78 is 31.6. The van der Waals surface area contributed by atoms with Crippen molar-refractivity contribution in [2.45, 2.75) is 31.2 Å². The lowest BCUT2D eigenvalue weighted by molar-refractivity contribution is -0.143.